The van der Waals surface area contributed by atoms with Gasteiger partial charge in [-0.3, -0.25) is 4.68 Å². The summed E-state index contributed by atoms with van der Waals surface area (Å²) in [7, 11) is 1.53. The zero-order chi connectivity index (χ0) is 30.9. The van der Waals surface area contributed by atoms with Gasteiger partial charge < -0.3 is 14.8 Å². The zero-order valence-corrected chi connectivity index (χ0v) is 24.3. The smallest absolute Gasteiger partial charge is 0.410 e. The van der Waals surface area contributed by atoms with Crippen LogP contribution in [0.3, 0.4) is 0 Å². The lowest BCUT2D eigenvalue weighted by Gasteiger charge is -2.27. The van der Waals surface area contributed by atoms with Crippen LogP contribution in [0.2, 0.25) is 5.02 Å². The number of ether oxygens (including phenoxy) is 1. The van der Waals surface area contributed by atoms with E-state index in [0.29, 0.717) is 15.9 Å². The van der Waals surface area contributed by atoms with Crippen LogP contribution in [0.25, 0.3) is 27.9 Å². The molecular formula is C28H26ClF2N9O3. The molecule has 0 aliphatic heterocycles. The highest BCUT2D eigenvalue weighted by Crippen LogP contribution is 2.33. The van der Waals surface area contributed by atoms with E-state index in [-0.39, 0.29) is 34.1 Å². The SMILES string of the molecule is CN(C[C@H](c1ccc(-c2c(-n3cnnn3)ccc(Cl)c2F)c[n+]1[O-])n1cc(-c2ccnc(F)c2)cn1)C(=O)OC(C)(C)C. The van der Waals surface area contributed by atoms with Crippen molar-refractivity contribution in [2.45, 2.75) is 32.4 Å². The van der Waals surface area contributed by atoms with Crippen LogP contribution >= 0.6 is 11.6 Å². The van der Waals surface area contributed by atoms with Gasteiger partial charge in [-0.2, -0.15) is 18.9 Å². The lowest BCUT2D eigenvalue weighted by atomic mass is 10.0. The van der Waals surface area contributed by atoms with Crippen molar-refractivity contribution in [1.29, 1.82) is 0 Å². The second-order valence-electron chi connectivity index (χ2n) is 10.6. The normalized spacial score (nSPS) is 12.3. The molecule has 0 spiro atoms. The molecule has 0 unspecified atom stereocenters. The maximum atomic E-state index is 15.4. The maximum absolute atomic E-state index is 15.4. The number of amides is 1. The molecule has 0 N–H and O–H groups in total. The van der Waals surface area contributed by atoms with Crippen LogP contribution in [0.5, 0.6) is 0 Å². The number of hydrogen-bond donors (Lipinski definition) is 0. The van der Waals surface area contributed by atoms with E-state index in [1.165, 1.54) is 70.5 Å². The molecule has 5 aromatic rings. The van der Waals surface area contributed by atoms with E-state index in [2.05, 4.69) is 25.6 Å². The number of halogens is 3. The monoisotopic (exact) mass is 609 g/mol. The summed E-state index contributed by atoms with van der Waals surface area (Å²) < 4.78 is 38.0. The number of carbonyl (C=O) groups excluding carboxylic acids is 1. The highest BCUT2D eigenvalue weighted by atomic mass is 35.5. The van der Waals surface area contributed by atoms with Crippen LogP contribution in [0.4, 0.5) is 13.6 Å². The summed E-state index contributed by atoms with van der Waals surface area (Å²) >= 11 is 6.08. The van der Waals surface area contributed by atoms with Crippen LogP contribution in [0, 0.1) is 17.0 Å². The molecule has 0 bridgehead atoms. The van der Waals surface area contributed by atoms with Crippen molar-refractivity contribution in [1.82, 2.24) is 39.9 Å². The molecule has 15 heteroatoms. The predicted octanol–water partition coefficient (Wildman–Crippen LogP) is 4.61. The minimum absolute atomic E-state index is 0.0134. The molecule has 5 rings (SSSR count). The van der Waals surface area contributed by atoms with Gasteiger partial charge in [-0.05, 0) is 61.0 Å². The Hall–Kier alpha value is -4.98. The molecule has 43 heavy (non-hydrogen) atoms. The number of carbonyl (C=O) groups is 1. The number of aromatic nitrogens is 8. The third-order valence-electron chi connectivity index (χ3n) is 6.38. The van der Waals surface area contributed by atoms with Crippen molar-refractivity contribution in [2.24, 2.45) is 0 Å². The first-order chi connectivity index (χ1) is 20.4. The third kappa shape index (κ3) is 6.43. The summed E-state index contributed by atoms with van der Waals surface area (Å²) in [5.74, 6) is -1.42. The zero-order valence-electron chi connectivity index (χ0n) is 23.5. The fourth-order valence-corrected chi connectivity index (χ4v) is 4.56. The summed E-state index contributed by atoms with van der Waals surface area (Å²) in [6, 6.07) is 8.01. The van der Waals surface area contributed by atoms with Gasteiger partial charge >= 0.3 is 6.09 Å². The molecule has 1 aromatic carbocycles. The lowest BCUT2D eigenvalue weighted by molar-refractivity contribution is -0.615. The molecule has 4 aromatic heterocycles. The number of benzene rings is 1. The van der Waals surface area contributed by atoms with Crippen LogP contribution in [-0.2, 0) is 4.74 Å². The standard InChI is InChI=1S/C28H26ClF2N9O3/c1-28(2,3)43-27(41)37(4)15-23(38-13-19(12-34-38)17-9-10-32-24(30)11-17)21-7-5-18(14-40(21)42)25-22(39-16-33-35-36-39)8-6-20(29)26(25)31/h5-14,16,23H,15H2,1-4H3/t23-/m1/s1. The van der Waals surface area contributed by atoms with Crippen LogP contribution in [-0.4, -0.2) is 65.2 Å². The first-order valence-corrected chi connectivity index (χ1v) is 13.3. The third-order valence-corrected chi connectivity index (χ3v) is 6.67. The first-order valence-electron chi connectivity index (χ1n) is 13.0. The summed E-state index contributed by atoms with van der Waals surface area (Å²) in [6.07, 6.45) is 6.35. The molecule has 1 amide bonds. The Morgan fingerprint density at radius 1 is 1.16 bits per heavy atom. The quantitative estimate of drug-likeness (QED) is 0.149. The van der Waals surface area contributed by atoms with Gasteiger partial charge in [0.05, 0.1) is 34.6 Å². The molecule has 4 heterocycles. The van der Waals surface area contributed by atoms with E-state index in [9.17, 15) is 14.4 Å². The Bertz CT molecular complexity index is 1770. The summed E-state index contributed by atoms with van der Waals surface area (Å²) in [5.41, 5.74) is 1.01. The van der Waals surface area contributed by atoms with Crippen LogP contribution in [0.15, 0.2) is 67.5 Å². The Balaban J connectivity index is 1.57. The molecule has 0 fully saturated rings. The average Bonchev–Trinajstić information content (AvgIpc) is 3.65. The van der Waals surface area contributed by atoms with Crippen molar-refractivity contribution in [3.63, 3.8) is 0 Å². The molecular weight excluding hydrogens is 584 g/mol. The van der Waals surface area contributed by atoms with Crippen LogP contribution < -0.4 is 4.73 Å². The Labute approximate surface area is 249 Å². The number of hydrogen-bond acceptors (Lipinski definition) is 8. The fourth-order valence-electron chi connectivity index (χ4n) is 4.40. The van der Waals surface area contributed by atoms with Crippen molar-refractivity contribution >= 4 is 17.7 Å². The maximum Gasteiger partial charge on any atom is 0.410 e. The predicted molar refractivity (Wildman–Crippen MR) is 151 cm³/mol. The van der Waals surface area contributed by atoms with Gasteiger partial charge in [-0.25, -0.2) is 14.2 Å². The molecule has 0 saturated heterocycles. The van der Waals surface area contributed by atoms with Gasteiger partial charge in [0.1, 0.15) is 11.9 Å². The Kier molecular flexibility index (Phi) is 8.04. The minimum atomic E-state index is -0.826. The summed E-state index contributed by atoms with van der Waals surface area (Å²) in [5, 5.41) is 28.9. The van der Waals surface area contributed by atoms with Crippen LogP contribution in [0.1, 0.15) is 32.5 Å². The van der Waals surface area contributed by atoms with Gasteiger partial charge in [0.15, 0.2) is 18.1 Å². The van der Waals surface area contributed by atoms with Gasteiger partial charge in [0, 0.05) is 37.1 Å². The number of rotatable bonds is 7. The largest absolute Gasteiger partial charge is 0.618 e. The van der Waals surface area contributed by atoms with E-state index in [1.807, 2.05) is 0 Å². The highest BCUT2D eigenvalue weighted by molar-refractivity contribution is 6.31. The van der Waals surface area contributed by atoms with E-state index in [4.69, 9.17) is 16.3 Å². The molecule has 0 saturated carbocycles. The van der Waals surface area contributed by atoms with Crippen molar-refractivity contribution in [3.05, 3.63) is 95.2 Å². The molecule has 0 aliphatic rings. The van der Waals surface area contributed by atoms with Gasteiger partial charge in [0.2, 0.25) is 11.6 Å². The van der Waals surface area contributed by atoms with E-state index < -0.39 is 29.5 Å². The highest BCUT2D eigenvalue weighted by Gasteiger charge is 2.30. The van der Waals surface area contributed by atoms with E-state index in [1.54, 1.807) is 39.1 Å². The Morgan fingerprint density at radius 3 is 2.63 bits per heavy atom. The fraction of sp³-hybridized carbons (Fsp3) is 0.250. The van der Waals surface area contributed by atoms with Gasteiger partial charge in [-0.15, -0.1) is 5.10 Å². The number of tetrazole rings is 1. The van der Waals surface area contributed by atoms with Crippen molar-refractivity contribution in [2.75, 3.05) is 13.6 Å². The molecule has 222 valence electrons. The number of likely N-dealkylation sites (N-methyl/N-ethyl adjacent to an activating group) is 1. The number of nitrogens with zero attached hydrogens (tertiary/aromatic N) is 9. The van der Waals surface area contributed by atoms with E-state index in [0.717, 1.165) is 0 Å². The Morgan fingerprint density at radius 2 is 1.95 bits per heavy atom. The summed E-state index contributed by atoms with van der Waals surface area (Å²) in [6.45, 7) is 5.20. The van der Waals surface area contributed by atoms with Gasteiger partial charge in [-0.1, -0.05) is 11.6 Å². The topological polar surface area (TPSA) is 131 Å². The molecule has 12 nitrogen and oxygen atoms in total. The molecule has 0 aliphatic carbocycles. The first kappa shape index (κ1) is 29.5. The van der Waals surface area contributed by atoms with Crippen molar-refractivity contribution in [3.8, 4) is 27.9 Å². The van der Waals surface area contributed by atoms with Crippen molar-refractivity contribution < 1.29 is 23.0 Å². The minimum Gasteiger partial charge on any atom is -0.618 e. The second-order valence-corrected chi connectivity index (χ2v) is 11.0. The van der Waals surface area contributed by atoms with E-state index >= 15 is 4.39 Å². The average molecular weight is 610 g/mol. The molecule has 0 radical (unpaired) electrons. The number of pyridine rings is 2. The molecule has 1 atom stereocenters. The second kappa shape index (κ2) is 11.7. The van der Waals surface area contributed by atoms with Gasteiger partial charge in [0.25, 0.3) is 0 Å². The summed E-state index contributed by atoms with van der Waals surface area (Å²) in [4.78, 5) is 17.7. The lowest BCUT2D eigenvalue weighted by Crippen LogP contribution is -2.42.